The molecule has 0 aromatic heterocycles. The van der Waals surface area contributed by atoms with E-state index in [9.17, 15) is 10.2 Å². The molecular formula is C28H48O3. The Morgan fingerprint density at radius 1 is 0.968 bits per heavy atom. The highest BCUT2D eigenvalue weighted by Gasteiger charge is 2.34. The zero-order valence-corrected chi connectivity index (χ0v) is 21.1. The first-order chi connectivity index (χ1) is 14.6. The maximum Gasteiger partial charge on any atom is 0.126 e. The topological polar surface area (TPSA) is 49.7 Å². The van der Waals surface area contributed by atoms with Crippen molar-refractivity contribution in [3.8, 4) is 11.5 Å². The lowest BCUT2D eigenvalue weighted by Gasteiger charge is -2.38. The fourth-order valence-electron chi connectivity index (χ4n) is 5.14. The molecule has 3 atom stereocenters. The minimum atomic E-state index is -0.147. The van der Waals surface area contributed by atoms with E-state index in [0.717, 1.165) is 53.9 Å². The van der Waals surface area contributed by atoms with E-state index in [1.165, 1.54) is 51.4 Å². The molecule has 1 aromatic rings. The first-order valence-electron chi connectivity index (χ1n) is 12.8. The van der Waals surface area contributed by atoms with Crippen LogP contribution in [0, 0.1) is 24.7 Å². The molecule has 1 aromatic carbocycles. The zero-order chi connectivity index (χ0) is 23.0. The van der Waals surface area contributed by atoms with Gasteiger partial charge < -0.3 is 14.9 Å². The van der Waals surface area contributed by atoms with Gasteiger partial charge in [0.05, 0.1) is 6.61 Å². The number of aromatic hydroxyl groups is 1. The van der Waals surface area contributed by atoms with Crippen LogP contribution in [0.15, 0.2) is 6.07 Å². The summed E-state index contributed by atoms with van der Waals surface area (Å²) in [4.78, 5) is 0. The van der Waals surface area contributed by atoms with Gasteiger partial charge in [0.1, 0.15) is 17.1 Å². The monoisotopic (exact) mass is 432 g/mol. The smallest absolute Gasteiger partial charge is 0.126 e. The van der Waals surface area contributed by atoms with E-state index in [0.29, 0.717) is 5.56 Å². The molecule has 1 aliphatic rings. The van der Waals surface area contributed by atoms with Crippen molar-refractivity contribution in [3.05, 3.63) is 22.8 Å². The molecule has 3 heteroatoms. The van der Waals surface area contributed by atoms with Crippen molar-refractivity contribution in [2.24, 2.45) is 17.8 Å². The number of benzene rings is 1. The van der Waals surface area contributed by atoms with Crippen LogP contribution in [0.3, 0.4) is 0 Å². The fourth-order valence-corrected chi connectivity index (χ4v) is 5.14. The number of hydrogen-bond donors (Lipinski definition) is 2. The lowest BCUT2D eigenvalue weighted by Crippen LogP contribution is -2.37. The number of phenols is 1. The van der Waals surface area contributed by atoms with Crippen LogP contribution < -0.4 is 4.74 Å². The summed E-state index contributed by atoms with van der Waals surface area (Å²) in [5.41, 5.74) is 2.45. The van der Waals surface area contributed by atoms with E-state index in [1.54, 1.807) is 6.07 Å². The zero-order valence-electron chi connectivity index (χ0n) is 21.1. The summed E-state index contributed by atoms with van der Waals surface area (Å²) < 4.78 is 6.47. The molecule has 0 unspecified atom stereocenters. The molecule has 2 N–H and O–H groups in total. The van der Waals surface area contributed by atoms with Gasteiger partial charge in [-0.1, -0.05) is 72.6 Å². The van der Waals surface area contributed by atoms with Crippen molar-refractivity contribution in [2.75, 3.05) is 0 Å². The average Bonchev–Trinajstić information content (AvgIpc) is 2.68. The SMILES string of the molecule is Cc1cc(O)c(CO)c2c1O[C@](C)(CCC[C@H](C)CCC[C@H](C)CCCC(C)C)CC2. The van der Waals surface area contributed by atoms with Crippen molar-refractivity contribution < 1.29 is 14.9 Å². The Hall–Kier alpha value is -1.22. The summed E-state index contributed by atoms with van der Waals surface area (Å²) in [5, 5.41) is 19.8. The second kappa shape index (κ2) is 12.1. The van der Waals surface area contributed by atoms with Crippen molar-refractivity contribution in [1.82, 2.24) is 0 Å². The second-order valence-electron chi connectivity index (χ2n) is 11.1. The largest absolute Gasteiger partial charge is 0.508 e. The van der Waals surface area contributed by atoms with Gasteiger partial charge in [0.2, 0.25) is 0 Å². The molecule has 0 aliphatic carbocycles. The van der Waals surface area contributed by atoms with E-state index in [4.69, 9.17) is 4.74 Å². The number of fused-ring (bicyclic) bond motifs is 1. The Labute approximate surface area is 191 Å². The summed E-state index contributed by atoms with van der Waals surface area (Å²) in [6.07, 6.45) is 13.5. The second-order valence-corrected chi connectivity index (χ2v) is 11.1. The highest BCUT2D eigenvalue weighted by atomic mass is 16.5. The van der Waals surface area contributed by atoms with Gasteiger partial charge in [-0.05, 0) is 68.9 Å². The first kappa shape index (κ1) is 26.0. The van der Waals surface area contributed by atoms with Gasteiger partial charge in [-0.15, -0.1) is 0 Å². The predicted molar refractivity (Wildman–Crippen MR) is 131 cm³/mol. The van der Waals surface area contributed by atoms with Crippen molar-refractivity contribution in [2.45, 2.75) is 124 Å². The minimum absolute atomic E-state index is 0.137. The molecule has 178 valence electrons. The Bertz CT molecular complexity index is 681. The molecule has 0 spiro atoms. The van der Waals surface area contributed by atoms with Gasteiger partial charge >= 0.3 is 0 Å². The van der Waals surface area contributed by atoms with Crippen LogP contribution in [0.25, 0.3) is 0 Å². The number of aliphatic hydroxyl groups is 1. The lowest BCUT2D eigenvalue weighted by molar-refractivity contribution is 0.0507. The molecule has 0 saturated carbocycles. The Morgan fingerprint density at radius 3 is 2.13 bits per heavy atom. The van der Waals surface area contributed by atoms with Gasteiger partial charge in [-0.25, -0.2) is 0 Å². The molecule has 1 aliphatic heterocycles. The van der Waals surface area contributed by atoms with Crippen LogP contribution >= 0.6 is 0 Å². The molecule has 31 heavy (non-hydrogen) atoms. The lowest BCUT2D eigenvalue weighted by atomic mass is 9.84. The van der Waals surface area contributed by atoms with Crippen molar-refractivity contribution in [1.29, 1.82) is 0 Å². The van der Waals surface area contributed by atoms with Crippen LogP contribution in [-0.4, -0.2) is 15.8 Å². The molecule has 0 fully saturated rings. The van der Waals surface area contributed by atoms with Crippen molar-refractivity contribution in [3.63, 3.8) is 0 Å². The molecule has 0 radical (unpaired) electrons. The Balaban J connectivity index is 1.73. The average molecular weight is 433 g/mol. The summed E-state index contributed by atoms with van der Waals surface area (Å²) in [6, 6.07) is 1.72. The molecule has 0 amide bonds. The molecule has 0 bridgehead atoms. The van der Waals surface area contributed by atoms with Gasteiger partial charge in [0.25, 0.3) is 0 Å². The summed E-state index contributed by atoms with van der Waals surface area (Å²) >= 11 is 0. The van der Waals surface area contributed by atoms with Gasteiger partial charge in [-0.2, -0.15) is 0 Å². The quantitative estimate of drug-likeness (QED) is 0.335. The van der Waals surface area contributed by atoms with Crippen LogP contribution in [0.2, 0.25) is 0 Å². The third kappa shape index (κ3) is 8.00. The maximum atomic E-state index is 10.1. The minimum Gasteiger partial charge on any atom is -0.508 e. The van der Waals surface area contributed by atoms with Gasteiger partial charge in [-0.3, -0.25) is 0 Å². The Kier molecular flexibility index (Phi) is 10.2. The third-order valence-corrected chi connectivity index (χ3v) is 7.34. The summed E-state index contributed by atoms with van der Waals surface area (Å²) in [5.74, 6) is 3.56. The van der Waals surface area contributed by atoms with E-state index in [1.807, 2.05) is 6.92 Å². The van der Waals surface area contributed by atoms with E-state index >= 15 is 0 Å². The maximum absolute atomic E-state index is 10.1. The predicted octanol–water partition coefficient (Wildman–Crippen LogP) is 7.72. The molecular weight excluding hydrogens is 384 g/mol. The number of aryl methyl sites for hydroxylation is 1. The van der Waals surface area contributed by atoms with Gasteiger partial charge in [0.15, 0.2) is 0 Å². The molecule has 1 heterocycles. The number of ether oxygens (including phenoxy) is 1. The van der Waals surface area contributed by atoms with Crippen LogP contribution in [-0.2, 0) is 13.0 Å². The summed E-state index contributed by atoms with van der Waals surface area (Å²) in [7, 11) is 0. The standard InChI is InChI=1S/C28H48O3/c1-20(2)10-7-11-21(3)12-8-13-22(4)14-9-16-28(6)17-15-24-25(19-29)26(30)18-23(5)27(24)31-28/h18,20-22,29-30H,7-17,19H2,1-6H3/t21-,22-,28-/m1/s1. The number of aliphatic hydroxyl groups excluding tert-OH is 1. The number of hydrogen-bond acceptors (Lipinski definition) is 3. The normalized spacial score (nSPS) is 20.4. The van der Waals surface area contributed by atoms with Crippen LogP contribution in [0.5, 0.6) is 11.5 Å². The van der Waals surface area contributed by atoms with Crippen molar-refractivity contribution >= 4 is 0 Å². The highest BCUT2D eigenvalue weighted by Crippen LogP contribution is 2.42. The first-order valence-corrected chi connectivity index (χ1v) is 12.8. The van der Waals surface area contributed by atoms with Crippen LogP contribution in [0.4, 0.5) is 0 Å². The molecule has 0 saturated heterocycles. The van der Waals surface area contributed by atoms with E-state index < -0.39 is 0 Å². The van der Waals surface area contributed by atoms with Crippen LogP contribution in [0.1, 0.15) is 116 Å². The molecule has 3 nitrogen and oxygen atoms in total. The van der Waals surface area contributed by atoms with E-state index in [2.05, 4.69) is 34.6 Å². The summed E-state index contributed by atoms with van der Waals surface area (Å²) in [6.45, 7) is 13.5. The highest BCUT2D eigenvalue weighted by molar-refractivity contribution is 5.53. The number of rotatable bonds is 13. The Morgan fingerprint density at radius 2 is 1.55 bits per heavy atom. The van der Waals surface area contributed by atoms with Gasteiger partial charge in [0, 0.05) is 11.1 Å². The molecule has 2 rings (SSSR count). The van der Waals surface area contributed by atoms with E-state index in [-0.39, 0.29) is 18.0 Å². The fraction of sp³-hybridized carbons (Fsp3) is 0.786. The third-order valence-electron chi connectivity index (χ3n) is 7.34.